The van der Waals surface area contributed by atoms with Crippen molar-refractivity contribution in [3.05, 3.63) is 170 Å². The first-order chi connectivity index (χ1) is 24.5. The third-order valence-corrected chi connectivity index (χ3v) is 15.7. The van der Waals surface area contributed by atoms with Crippen molar-refractivity contribution >= 4 is 35.5 Å². The molecular formula is C36H34N5O6P3. The van der Waals surface area contributed by atoms with Gasteiger partial charge in [0.15, 0.2) is 0 Å². The van der Waals surface area contributed by atoms with Crippen LogP contribution in [0, 0.1) is 0 Å². The summed E-state index contributed by atoms with van der Waals surface area (Å²) >= 11 is 0. The summed E-state index contributed by atoms with van der Waals surface area (Å²) in [5.41, 5.74) is 13.8. The second-order valence-corrected chi connectivity index (χ2v) is 17.3. The number of rotatable bonds is 12. The molecule has 1 unspecified atom stereocenters. The fourth-order valence-electron chi connectivity index (χ4n) is 4.89. The minimum absolute atomic E-state index is 0.236. The van der Waals surface area contributed by atoms with Crippen LogP contribution >= 0.6 is 24.1 Å². The molecule has 0 bridgehead atoms. The number of benzene rings is 6. The van der Waals surface area contributed by atoms with E-state index in [0.717, 1.165) is 0 Å². The van der Waals surface area contributed by atoms with Gasteiger partial charge in [0.25, 0.3) is 0 Å². The van der Waals surface area contributed by atoms with Gasteiger partial charge in [0, 0.05) is 0 Å². The van der Waals surface area contributed by atoms with Gasteiger partial charge in [-0.05, 0) is 0 Å². The van der Waals surface area contributed by atoms with Gasteiger partial charge in [-0.25, -0.2) is 0 Å². The Hall–Kier alpha value is -5.27. The molecule has 7 rings (SSSR count). The molecule has 6 aromatic carbocycles. The number of anilines is 2. The Balaban J connectivity index is 1.57. The van der Waals surface area contributed by atoms with Crippen molar-refractivity contribution in [2.24, 2.45) is 4.52 Å². The van der Waals surface area contributed by atoms with Crippen LogP contribution in [0.5, 0.6) is 34.5 Å². The van der Waals surface area contributed by atoms with Crippen LogP contribution in [0.4, 0.5) is 11.4 Å². The van der Waals surface area contributed by atoms with Crippen molar-refractivity contribution in [3.63, 3.8) is 0 Å². The molecule has 50 heavy (non-hydrogen) atoms. The Labute approximate surface area is 292 Å². The average molecular weight is 726 g/mol. The normalized spacial score (nSPS) is 17.2. The molecule has 0 aromatic heterocycles. The zero-order chi connectivity index (χ0) is 34.3. The molecule has 0 saturated heterocycles. The molecule has 0 saturated carbocycles. The van der Waals surface area contributed by atoms with E-state index in [4.69, 9.17) is 43.4 Å². The first kappa shape index (κ1) is 33.2. The second-order valence-electron chi connectivity index (χ2n) is 10.8. The number of hydrogen-bond donors (Lipinski definition) is 3. The van der Waals surface area contributed by atoms with Gasteiger partial charge in [0.1, 0.15) is 0 Å². The number of nitrogens with one attached hydrogen (secondary N) is 1. The SMILES string of the molecule is Nc1ccccc1ON1P(Oc2ccccc2)(Oc2ccccc2)=NPNP1(Oc1ccccc1)(Oc1ccccc1)Oc1ccccc1N. The Kier molecular flexibility index (Phi) is 9.50. The molecule has 0 fully saturated rings. The fourth-order valence-corrected chi connectivity index (χ4v) is 14.2. The summed E-state index contributed by atoms with van der Waals surface area (Å²) in [7, 11) is -9.79. The standard InChI is InChI=1S/C36H34N5O6P3/c37-33-25-13-15-27-35(33)42-41-49(43-29-17-5-1-6-18-29,44-30-19-7-2-8-20-30)39-48-40-50(41,45-31-21-9-3-10-22-31,46-32-23-11-4-12-24-32)47-36-28-16-14-26-34(36)38/h1-28,40,48H,37-38H2. The van der Waals surface area contributed by atoms with Crippen molar-refractivity contribution in [1.29, 1.82) is 0 Å². The van der Waals surface area contributed by atoms with E-state index in [0.29, 0.717) is 34.4 Å². The molecule has 1 atom stereocenters. The van der Waals surface area contributed by atoms with Crippen LogP contribution in [-0.4, -0.2) is 4.60 Å². The Morgan fingerprint density at radius 3 is 1.36 bits per heavy atom. The van der Waals surface area contributed by atoms with Gasteiger partial charge in [-0.1, -0.05) is 0 Å². The maximum absolute atomic E-state index is 7.15. The predicted octanol–water partition coefficient (Wildman–Crippen LogP) is 10.0. The molecule has 6 aromatic rings. The van der Waals surface area contributed by atoms with E-state index in [1.807, 2.05) is 72.8 Å². The third-order valence-electron chi connectivity index (χ3n) is 7.16. The molecule has 11 nitrogen and oxygen atoms in total. The fraction of sp³-hybridized carbons (Fsp3) is 0. The van der Waals surface area contributed by atoms with Gasteiger partial charge in [0.2, 0.25) is 0 Å². The van der Waals surface area contributed by atoms with Crippen LogP contribution in [0.2, 0.25) is 0 Å². The average Bonchev–Trinajstić information content (AvgIpc) is 3.14. The third kappa shape index (κ3) is 6.92. The van der Waals surface area contributed by atoms with Crippen molar-refractivity contribution < 1.29 is 27.5 Å². The van der Waals surface area contributed by atoms with Crippen LogP contribution in [0.25, 0.3) is 0 Å². The maximum atomic E-state index is 7.15. The van der Waals surface area contributed by atoms with Gasteiger partial charge in [-0.15, -0.1) is 0 Å². The van der Waals surface area contributed by atoms with Crippen molar-refractivity contribution in [2.75, 3.05) is 11.5 Å². The molecule has 0 spiro atoms. The summed E-state index contributed by atoms with van der Waals surface area (Å²) in [6.45, 7) is 0. The number of hydrogen-bond acceptors (Lipinski definition) is 11. The molecule has 1 aliphatic rings. The van der Waals surface area contributed by atoms with Gasteiger partial charge in [0.05, 0.1) is 0 Å². The Morgan fingerprint density at radius 1 is 0.500 bits per heavy atom. The zero-order valence-electron chi connectivity index (χ0n) is 26.6. The molecule has 14 heteroatoms. The van der Waals surface area contributed by atoms with Gasteiger partial charge < -0.3 is 0 Å². The quantitative estimate of drug-likeness (QED) is 0.0826. The molecule has 0 radical (unpaired) electrons. The summed E-state index contributed by atoms with van der Waals surface area (Å²) in [5, 5.41) is 0. The van der Waals surface area contributed by atoms with E-state index in [-0.39, 0.29) is 11.5 Å². The van der Waals surface area contributed by atoms with E-state index in [1.54, 1.807) is 97.1 Å². The molecule has 1 heterocycles. The summed E-state index contributed by atoms with van der Waals surface area (Å²) in [6.07, 6.45) is 0. The van der Waals surface area contributed by atoms with Gasteiger partial charge in [-0.3, -0.25) is 0 Å². The zero-order valence-corrected chi connectivity index (χ0v) is 29.3. The van der Waals surface area contributed by atoms with E-state index in [1.165, 1.54) is 4.60 Å². The summed E-state index contributed by atoms with van der Waals surface area (Å²) < 4.78 is 41.6. The Bertz CT molecular complexity index is 2010. The molecule has 0 aliphatic carbocycles. The van der Waals surface area contributed by atoms with E-state index < -0.39 is 24.1 Å². The van der Waals surface area contributed by atoms with Crippen LogP contribution < -0.4 is 43.8 Å². The van der Waals surface area contributed by atoms with Crippen LogP contribution in [0.3, 0.4) is 0 Å². The number of nitrogens with zero attached hydrogens (tertiary/aromatic N) is 2. The van der Waals surface area contributed by atoms with Crippen LogP contribution in [0.15, 0.2) is 174 Å². The minimum atomic E-state index is -5.36. The summed E-state index contributed by atoms with van der Waals surface area (Å²) in [4.78, 5) is 10.4. The second kappa shape index (κ2) is 14.3. The van der Waals surface area contributed by atoms with Gasteiger partial charge >= 0.3 is 293 Å². The molecule has 254 valence electrons. The first-order valence-electron chi connectivity index (χ1n) is 15.5. The first-order valence-corrected chi connectivity index (χ1v) is 19.9. The van der Waals surface area contributed by atoms with Crippen LogP contribution in [-0.2, 0) is 0 Å². The van der Waals surface area contributed by atoms with Crippen molar-refractivity contribution in [2.45, 2.75) is 0 Å². The number of nitrogen functional groups attached to an aromatic ring is 2. The van der Waals surface area contributed by atoms with E-state index in [9.17, 15) is 0 Å². The number of para-hydroxylation sites is 8. The molecule has 1 aliphatic heterocycles. The van der Waals surface area contributed by atoms with Crippen molar-refractivity contribution in [3.8, 4) is 34.5 Å². The van der Waals surface area contributed by atoms with Crippen molar-refractivity contribution in [1.82, 2.24) is 9.46 Å². The Morgan fingerprint density at radius 2 is 0.900 bits per heavy atom. The van der Waals surface area contributed by atoms with E-state index in [2.05, 4.69) is 4.86 Å². The monoisotopic (exact) mass is 725 g/mol. The molecule has 0 amide bonds. The van der Waals surface area contributed by atoms with Crippen LogP contribution in [0.1, 0.15) is 0 Å². The summed E-state index contributed by atoms with van der Waals surface area (Å²) in [5.74, 6) is 2.11. The molecule has 5 N–H and O–H groups in total. The molecular weight excluding hydrogens is 691 g/mol. The topological polar surface area (TPSA) is 135 Å². The summed E-state index contributed by atoms with van der Waals surface area (Å²) in [6, 6.07) is 50.6. The number of nitrogens with two attached hydrogens (primary N) is 2. The van der Waals surface area contributed by atoms with Gasteiger partial charge in [-0.2, -0.15) is 0 Å². The predicted molar refractivity (Wildman–Crippen MR) is 201 cm³/mol. The van der Waals surface area contributed by atoms with E-state index >= 15 is 0 Å².